The molecule has 0 bridgehead atoms. The molecule has 1 aliphatic rings. The number of imidazole rings is 1. The fraction of sp³-hybridized carbons (Fsp3) is 0.182. The number of aryl methyl sites for hydroxylation is 1. The number of para-hydroxylation sites is 1. The summed E-state index contributed by atoms with van der Waals surface area (Å²) < 4.78 is 7.73. The van der Waals surface area contributed by atoms with Crippen molar-refractivity contribution in [1.29, 1.82) is 0 Å². The summed E-state index contributed by atoms with van der Waals surface area (Å²) in [7, 11) is 1.61. The van der Waals surface area contributed by atoms with Crippen molar-refractivity contribution in [2.24, 2.45) is 10.2 Å². The Balaban J connectivity index is 1.70. The van der Waals surface area contributed by atoms with Crippen molar-refractivity contribution < 1.29 is 9.53 Å². The SMILES string of the molecule is COc1ccc(N2C(=O)CS/C2=N\N=C(/C)c2c(C)[nH]c(=S)n2-c2ccccc2)cc1. The molecule has 0 radical (unpaired) electrons. The number of thioether (sulfide) groups is 1. The van der Waals surface area contributed by atoms with Crippen LogP contribution in [0.2, 0.25) is 0 Å². The molecular weight excluding hydrogens is 430 g/mol. The van der Waals surface area contributed by atoms with E-state index in [-0.39, 0.29) is 5.91 Å². The second-order valence-corrected chi connectivity index (χ2v) is 8.19. The maximum absolute atomic E-state index is 12.5. The molecule has 31 heavy (non-hydrogen) atoms. The van der Waals surface area contributed by atoms with Crippen LogP contribution in [-0.2, 0) is 4.79 Å². The monoisotopic (exact) mass is 451 g/mol. The van der Waals surface area contributed by atoms with Gasteiger partial charge in [0.05, 0.1) is 30.0 Å². The summed E-state index contributed by atoms with van der Waals surface area (Å²) in [6.45, 7) is 3.84. The van der Waals surface area contributed by atoms with E-state index in [2.05, 4.69) is 15.2 Å². The lowest BCUT2D eigenvalue weighted by Gasteiger charge is -2.15. The molecular formula is C22H21N5O2S2. The molecule has 1 aromatic heterocycles. The van der Waals surface area contributed by atoms with Crippen molar-refractivity contribution in [2.45, 2.75) is 13.8 Å². The number of rotatable bonds is 5. The third-order valence-electron chi connectivity index (χ3n) is 4.82. The molecule has 0 unspecified atom stereocenters. The van der Waals surface area contributed by atoms with Gasteiger partial charge in [-0.1, -0.05) is 30.0 Å². The molecule has 9 heteroatoms. The molecule has 2 heterocycles. The molecule has 158 valence electrons. The number of carbonyl (C=O) groups excluding carboxylic acids is 1. The third-order valence-corrected chi connectivity index (χ3v) is 6.01. The normalized spacial score (nSPS) is 15.7. The van der Waals surface area contributed by atoms with Crippen molar-refractivity contribution in [3.63, 3.8) is 0 Å². The summed E-state index contributed by atoms with van der Waals surface area (Å²) in [5.41, 5.74) is 4.12. The second-order valence-electron chi connectivity index (χ2n) is 6.86. The number of H-pyrrole nitrogens is 1. The summed E-state index contributed by atoms with van der Waals surface area (Å²) in [5, 5.41) is 9.41. The highest BCUT2D eigenvalue weighted by atomic mass is 32.2. The van der Waals surface area contributed by atoms with Gasteiger partial charge in [0.2, 0.25) is 5.91 Å². The lowest BCUT2D eigenvalue weighted by Crippen LogP contribution is -2.29. The van der Waals surface area contributed by atoms with E-state index in [4.69, 9.17) is 17.0 Å². The number of anilines is 1. The number of amides is 1. The lowest BCUT2D eigenvalue weighted by atomic mass is 10.2. The van der Waals surface area contributed by atoms with E-state index in [1.165, 1.54) is 11.8 Å². The van der Waals surface area contributed by atoms with Gasteiger partial charge in [0.15, 0.2) is 9.94 Å². The highest BCUT2D eigenvalue weighted by Gasteiger charge is 2.30. The maximum atomic E-state index is 12.5. The maximum Gasteiger partial charge on any atom is 0.243 e. The Kier molecular flexibility index (Phi) is 6.06. The van der Waals surface area contributed by atoms with Gasteiger partial charge in [-0.05, 0) is 62.5 Å². The van der Waals surface area contributed by atoms with Crippen LogP contribution in [0.15, 0.2) is 64.8 Å². The predicted molar refractivity (Wildman–Crippen MR) is 128 cm³/mol. The van der Waals surface area contributed by atoms with Gasteiger partial charge < -0.3 is 9.72 Å². The smallest absolute Gasteiger partial charge is 0.243 e. The molecule has 0 spiro atoms. The molecule has 1 aliphatic heterocycles. The minimum atomic E-state index is -0.0354. The molecule has 1 saturated heterocycles. The first-order chi connectivity index (χ1) is 15.0. The third kappa shape index (κ3) is 4.19. The van der Waals surface area contributed by atoms with Crippen molar-refractivity contribution in [1.82, 2.24) is 9.55 Å². The van der Waals surface area contributed by atoms with Gasteiger partial charge in [0.25, 0.3) is 0 Å². The topological polar surface area (TPSA) is 75.0 Å². The van der Waals surface area contributed by atoms with Gasteiger partial charge in [-0.2, -0.15) is 5.10 Å². The van der Waals surface area contributed by atoms with Gasteiger partial charge in [0.1, 0.15) is 5.75 Å². The fourth-order valence-electron chi connectivity index (χ4n) is 3.39. The number of hydrogen-bond acceptors (Lipinski definition) is 6. The highest BCUT2D eigenvalue weighted by Crippen LogP contribution is 2.28. The Morgan fingerprint density at radius 3 is 2.52 bits per heavy atom. The molecule has 1 amide bonds. The number of hydrogen-bond donors (Lipinski definition) is 1. The number of nitrogens with zero attached hydrogens (tertiary/aromatic N) is 4. The lowest BCUT2D eigenvalue weighted by molar-refractivity contribution is -0.115. The van der Waals surface area contributed by atoms with Crippen molar-refractivity contribution >= 4 is 46.5 Å². The Morgan fingerprint density at radius 1 is 1.13 bits per heavy atom. The zero-order chi connectivity index (χ0) is 22.0. The average molecular weight is 452 g/mol. The summed E-state index contributed by atoms with van der Waals surface area (Å²) >= 11 is 6.88. The number of aromatic nitrogens is 2. The van der Waals surface area contributed by atoms with Gasteiger partial charge in [-0.15, -0.1) is 5.10 Å². The molecule has 0 aliphatic carbocycles. The molecule has 2 aromatic carbocycles. The minimum Gasteiger partial charge on any atom is -0.497 e. The van der Waals surface area contributed by atoms with Crippen LogP contribution in [0.25, 0.3) is 5.69 Å². The minimum absolute atomic E-state index is 0.0354. The van der Waals surface area contributed by atoms with E-state index in [9.17, 15) is 4.79 Å². The van der Waals surface area contributed by atoms with Crippen LogP contribution in [0.5, 0.6) is 5.75 Å². The highest BCUT2D eigenvalue weighted by molar-refractivity contribution is 8.15. The zero-order valence-corrected chi connectivity index (χ0v) is 19.0. The largest absolute Gasteiger partial charge is 0.497 e. The molecule has 1 fully saturated rings. The van der Waals surface area contributed by atoms with E-state index >= 15 is 0 Å². The number of methoxy groups -OCH3 is 1. The van der Waals surface area contributed by atoms with E-state index in [0.717, 1.165) is 28.5 Å². The number of ether oxygens (including phenoxy) is 1. The number of aromatic amines is 1. The van der Waals surface area contributed by atoms with Gasteiger partial charge in [-0.25, -0.2) is 0 Å². The van der Waals surface area contributed by atoms with Crippen molar-refractivity contribution in [2.75, 3.05) is 17.8 Å². The van der Waals surface area contributed by atoms with Crippen LogP contribution in [0, 0.1) is 11.7 Å². The molecule has 0 saturated carbocycles. The Labute approximate surface area is 189 Å². The van der Waals surface area contributed by atoms with E-state index in [1.807, 2.05) is 73.0 Å². The summed E-state index contributed by atoms with van der Waals surface area (Å²) in [6.07, 6.45) is 0. The standard InChI is InChI=1S/C22H21N5O2S2/c1-14-20(27(21(30)23-14)16-7-5-4-6-8-16)15(2)24-25-22-26(19(28)13-31-22)17-9-11-18(29-3)12-10-17/h4-12H,13H2,1-3H3,(H,23,30)/b24-15+,25-22-. The summed E-state index contributed by atoms with van der Waals surface area (Å²) in [5.74, 6) is 1.01. The van der Waals surface area contributed by atoms with Gasteiger partial charge in [0, 0.05) is 11.4 Å². The number of benzene rings is 2. The zero-order valence-electron chi connectivity index (χ0n) is 17.3. The second kappa shape index (κ2) is 8.91. The first-order valence-electron chi connectivity index (χ1n) is 9.59. The van der Waals surface area contributed by atoms with Gasteiger partial charge >= 0.3 is 0 Å². The molecule has 0 atom stereocenters. The first kappa shape index (κ1) is 21.1. The van der Waals surface area contributed by atoms with Gasteiger partial charge in [-0.3, -0.25) is 14.3 Å². The van der Waals surface area contributed by atoms with E-state index in [1.54, 1.807) is 12.0 Å². The van der Waals surface area contributed by atoms with Crippen LogP contribution in [0.4, 0.5) is 5.69 Å². The van der Waals surface area contributed by atoms with Crippen LogP contribution in [0.1, 0.15) is 18.3 Å². The average Bonchev–Trinajstić information content (AvgIpc) is 3.30. The molecule has 3 aromatic rings. The Hall–Kier alpha value is -3.17. The number of amidine groups is 1. The number of carbonyl (C=O) groups is 1. The predicted octanol–water partition coefficient (Wildman–Crippen LogP) is 4.71. The summed E-state index contributed by atoms with van der Waals surface area (Å²) in [6, 6.07) is 17.2. The molecule has 4 rings (SSSR count). The Morgan fingerprint density at radius 2 is 1.84 bits per heavy atom. The Bertz CT molecular complexity index is 1230. The van der Waals surface area contributed by atoms with Crippen LogP contribution in [0.3, 0.4) is 0 Å². The van der Waals surface area contributed by atoms with E-state index < -0.39 is 0 Å². The number of nitrogens with one attached hydrogen (secondary N) is 1. The van der Waals surface area contributed by atoms with Crippen LogP contribution in [-0.4, -0.2) is 39.2 Å². The molecule has 1 N–H and O–H groups in total. The quantitative estimate of drug-likeness (QED) is 0.346. The fourth-order valence-corrected chi connectivity index (χ4v) is 4.55. The summed E-state index contributed by atoms with van der Waals surface area (Å²) in [4.78, 5) is 17.3. The van der Waals surface area contributed by atoms with Crippen LogP contribution >= 0.6 is 24.0 Å². The van der Waals surface area contributed by atoms with E-state index in [0.29, 0.717) is 21.4 Å². The van der Waals surface area contributed by atoms with Crippen LogP contribution < -0.4 is 9.64 Å². The van der Waals surface area contributed by atoms with Crippen molar-refractivity contribution in [3.8, 4) is 11.4 Å². The first-order valence-corrected chi connectivity index (χ1v) is 11.0. The molecule has 7 nitrogen and oxygen atoms in total. The van der Waals surface area contributed by atoms with Crippen molar-refractivity contribution in [3.05, 3.63) is 70.8 Å².